The van der Waals surface area contributed by atoms with Gasteiger partial charge in [0, 0.05) is 6.42 Å². The molecule has 0 amide bonds. The van der Waals surface area contributed by atoms with E-state index in [4.69, 9.17) is 0 Å². The zero-order valence-corrected chi connectivity index (χ0v) is 4.94. The smallest absolute Gasteiger partial charge is 0.261 e. The Morgan fingerprint density at radius 2 is 2.11 bits per heavy atom. The average molecular weight is 134 g/mol. The topological polar surface area (TPSA) is 17.1 Å². The van der Waals surface area contributed by atoms with Crippen LogP contribution in [0.5, 0.6) is 0 Å². The third kappa shape index (κ3) is 1.73. The van der Waals surface area contributed by atoms with Gasteiger partial charge in [-0.15, -0.1) is 0 Å². The summed E-state index contributed by atoms with van der Waals surface area (Å²) in [5, 5.41) is 0. The third-order valence-corrected chi connectivity index (χ3v) is 1.63. The van der Waals surface area contributed by atoms with E-state index in [9.17, 15) is 13.6 Å². The van der Waals surface area contributed by atoms with Gasteiger partial charge in [0.25, 0.3) is 0 Å². The van der Waals surface area contributed by atoms with Crippen molar-refractivity contribution in [2.75, 3.05) is 0 Å². The Morgan fingerprint density at radius 3 is 2.44 bits per heavy atom. The number of halogens is 2. The monoisotopic (exact) mass is 134 g/mol. The van der Waals surface area contributed by atoms with Gasteiger partial charge in [0.05, 0.1) is 0 Å². The molecule has 0 aromatic heterocycles. The second-order valence-electron chi connectivity index (χ2n) is 2.49. The molecular formula is C6H8F2O. The summed E-state index contributed by atoms with van der Waals surface area (Å²) in [4.78, 5) is 9.76. The van der Waals surface area contributed by atoms with Crippen molar-refractivity contribution in [3.05, 3.63) is 0 Å². The predicted molar refractivity (Wildman–Crippen MR) is 28.4 cm³/mol. The fourth-order valence-electron chi connectivity index (χ4n) is 1.05. The lowest BCUT2D eigenvalue weighted by Gasteiger charge is -2.27. The highest BCUT2D eigenvalue weighted by molar-refractivity contribution is 5.68. The summed E-state index contributed by atoms with van der Waals surface area (Å²) in [5.41, 5.74) is 0. The first-order valence-corrected chi connectivity index (χ1v) is 3.01. The van der Waals surface area contributed by atoms with Gasteiger partial charge in [0.2, 0.25) is 0 Å². The first kappa shape index (κ1) is 6.65. The van der Waals surface area contributed by atoms with Gasteiger partial charge < -0.3 is 0 Å². The second kappa shape index (κ2) is 2.42. The molecule has 0 saturated heterocycles. The molecule has 0 bridgehead atoms. The summed E-state index contributed by atoms with van der Waals surface area (Å²) in [5.74, 6) is -0.0162. The first-order chi connectivity index (χ1) is 4.18. The van der Waals surface area contributed by atoms with Gasteiger partial charge in [-0.2, -0.15) is 4.39 Å². The van der Waals surface area contributed by atoms with Crippen LogP contribution in [-0.2, 0) is 4.79 Å². The quantitative estimate of drug-likeness (QED) is 0.524. The van der Waals surface area contributed by atoms with Crippen molar-refractivity contribution in [2.45, 2.75) is 25.4 Å². The lowest BCUT2D eigenvalue weighted by atomic mass is 9.81. The lowest BCUT2D eigenvalue weighted by Crippen LogP contribution is -2.25. The van der Waals surface area contributed by atoms with E-state index in [0.29, 0.717) is 12.8 Å². The van der Waals surface area contributed by atoms with Gasteiger partial charge in [-0.3, -0.25) is 4.79 Å². The summed E-state index contributed by atoms with van der Waals surface area (Å²) in [7, 11) is 0. The Bertz CT molecular complexity index is 118. The van der Waals surface area contributed by atoms with Crippen molar-refractivity contribution < 1.29 is 13.6 Å². The van der Waals surface area contributed by atoms with Gasteiger partial charge in [-0.05, 0) is 18.8 Å². The molecule has 52 valence electrons. The molecule has 0 atom stereocenters. The molecule has 1 saturated carbocycles. The van der Waals surface area contributed by atoms with E-state index < -0.39 is 12.2 Å². The second-order valence-corrected chi connectivity index (χ2v) is 2.49. The van der Waals surface area contributed by atoms with Crippen molar-refractivity contribution in [3.8, 4) is 0 Å². The minimum atomic E-state index is -1.31. The molecule has 1 aliphatic carbocycles. The molecule has 0 aromatic carbocycles. The van der Waals surface area contributed by atoms with Crippen LogP contribution in [0, 0.1) is 5.92 Å². The Morgan fingerprint density at radius 1 is 1.56 bits per heavy atom. The maximum absolute atomic E-state index is 12.0. The summed E-state index contributed by atoms with van der Waals surface area (Å²) in [6.45, 7) is 0. The molecule has 1 nitrogen and oxygen atoms in total. The fourth-order valence-corrected chi connectivity index (χ4v) is 1.05. The molecule has 3 heteroatoms. The summed E-state index contributed by atoms with van der Waals surface area (Å²) < 4.78 is 23.5. The zero-order valence-electron chi connectivity index (χ0n) is 4.94. The zero-order chi connectivity index (χ0) is 6.85. The maximum atomic E-state index is 12.0. The van der Waals surface area contributed by atoms with Crippen molar-refractivity contribution in [2.24, 2.45) is 5.92 Å². The summed E-state index contributed by atoms with van der Waals surface area (Å²) in [6, 6.07) is -1.31. The predicted octanol–water partition coefficient (Wildman–Crippen LogP) is 1.62. The van der Waals surface area contributed by atoms with E-state index >= 15 is 0 Å². The van der Waals surface area contributed by atoms with Crippen molar-refractivity contribution in [1.29, 1.82) is 0 Å². The van der Waals surface area contributed by atoms with Gasteiger partial charge >= 0.3 is 6.04 Å². The molecule has 0 heterocycles. The van der Waals surface area contributed by atoms with Gasteiger partial charge in [-0.25, -0.2) is 4.39 Å². The number of rotatable bonds is 2. The normalized spacial score (nSPS) is 33.6. The molecule has 0 N–H and O–H groups in total. The molecule has 1 aliphatic rings. The highest BCUT2D eigenvalue weighted by atomic mass is 19.1. The van der Waals surface area contributed by atoms with E-state index in [0.717, 1.165) is 0 Å². The SMILES string of the molecule is O=C(F)CC1CC(F)C1. The minimum Gasteiger partial charge on any atom is -0.261 e. The third-order valence-electron chi connectivity index (χ3n) is 1.63. The standard InChI is InChI=1S/C6H8F2O/c7-5-1-4(2-5)3-6(8)9/h4-5H,1-3H2. The Hall–Kier alpha value is -0.470. The number of hydrogen-bond acceptors (Lipinski definition) is 1. The van der Waals surface area contributed by atoms with Crippen molar-refractivity contribution in [1.82, 2.24) is 0 Å². The van der Waals surface area contributed by atoms with E-state index in [-0.39, 0.29) is 12.3 Å². The van der Waals surface area contributed by atoms with E-state index in [1.807, 2.05) is 0 Å². The number of carbonyl (C=O) groups excluding carboxylic acids is 1. The molecule has 0 aromatic rings. The van der Waals surface area contributed by atoms with Crippen LogP contribution in [0.1, 0.15) is 19.3 Å². The van der Waals surface area contributed by atoms with Crippen LogP contribution in [0.25, 0.3) is 0 Å². The van der Waals surface area contributed by atoms with Crippen LogP contribution >= 0.6 is 0 Å². The molecule has 0 radical (unpaired) electrons. The van der Waals surface area contributed by atoms with Crippen LogP contribution < -0.4 is 0 Å². The van der Waals surface area contributed by atoms with E-state index in [2.05, 4.69) is 0 Å². The minimum absolute atomic E-state index is 0.0162. The van der Waals surface area contributed by atoms with Gasteiger partial charge in [0.15, 0.2) is 0 Å². The largest absolute Gasteiger partial charge is 0.301 e. The first-order valence-electron chi connectivity index (χ1n) is 3.01. The van der Waals surface area contributed by atoms with Crippen LogP contribution in [0.4, 0.5) is 8.78 Å². The number of hydrogen-bond donors (Lipinski definition) is 0. The Kier molecular flexibility index (Phi) is 1.78. The molecule has 1 fully saturated rings. The highest BCUT2D eigenvalue weighted by Gasteiger charge is 2.30. The van der Waals surface area contributed by atoms with Crippen LogP contribution in [0.3, 0.4) is 0 Å². The van der Waals surface area contributed by atoms with Crippen LogP contribution in [0.15, 0.2) is 0 Å². The molecule has 0 aliphatic heterocycles. The van der Waals surface area contributed by atoms with E-state index in [1.165, 1.54) is 0 Å². The van der Waals surface area contributed by atoms with Gasteiger partial charge in [0.1, 0.15) is 6.17 Å². The molecule has 0 unspecified atom stereocenters. The van der Waals surface area contributed by atoms with Crippen molar-refractivity contribution >= 4 is 6.04 Å². The van der Waals surface area contributed by atoms with Crippen molar-refractivity contribution in [3.63, 3.8) is 0 Å². The highest BCUT2D eigenvalue weighted by Crippen LogP contribution is 2.32. The Balaban J connectivity index is 2.11. The summed E-state index contributed by atoms with van der Waals surface area (Å²) >= 11 is 0. The van der Waals surface area contributed by atoms with Crippen LogP contribution in [-0.4, -0.2) is 12.2 Å². The molecule has 0 spiro atoms. The Labute approximate surface area is 52.1 Å². The van der Waals surface area contributed by atoms with Gasteiger partial charge in [-0.1, -0.05) is 0 Å². The molecule has 1 rings (SSSR count). The average Bonchev–Trinajstić information content (AvgIpc) is 1.60. The fraction of sp³-hybridized carbons (Fsp3) is 0.833. The maximum Gasteiger partial charge on any atom is 0.301 e. The molecule has 9 heavy (non-hydrogen) atoms. The number of alkyl halides is 1. The number of carbonyl (C=O) groups is 1. The summed E-state index contributed by atoms with van der Waals surface area (Å²) in [6.07, 6.45) is -0.125. The molecular weight excluding hydrogens is 126 g/mol. The van der Waals surface area contributed by atoms with Crippen LogP contribution in [0.2, 0.25) is 0 Å². The lowest BCUT2D eigenvalue weighted by molar-refractivity contribution is -0.131. The van der Waals surface area contributed by atoms with E-state index in [1.54, 1.807) is 0 Å².